The summed E-state index contributed by atoms with van der Waals surface area (Å²) in [4.78, 5) is 0. The Kier molecular flexibility index (Phi) is 5.18. The van der Waals surface area contributed by atoms with Crippen LogP contribution in [0.2, 0.25) is 0 Å². The van der Waals surface area contributed by atoms with Crippen molar-refractivity contribution in [2.45, 2.75) is 13.2 Å². The summed E-state index contributed by atoms with van der Waals surface area (Å²) in [6, 6.07) is 19.4. The fraction of sp³-hybridized carbons (Fsp3) is 0.133. The van der Waals surface area contributed by atoms with Gasteiger partial charge in [-0.15, -0.1) is 0 Å². The van der Waals surface area contributed by atoms with Crippen molar-refractivity contribution in [2.24, 2.45) is 0 Å². The van der Waals surface area contributed by atoms with Gasteiger partial charge in [0, 0.05) is 0 Å². The average molecular weight is 251 g/mol. The van der Waals surface area contributed by atoms with E-state index in [0.29, 0.717) is 13.2 Å². The summed E-state index contributed by atoms with van der Waals surface area (Å²) < 4.78 is 10.8. The highest BCUT2D eigenvalue weighted by Gasteiger charge is 2.17. The van der Waals surface area contributed by atoms with E-state index in [-0.39, 0.29) is 0 Å². The number of nitriles is 1. The lowest BCUT2D eigenvalue weighted by atomic mass is 9.93. The number of benzene rings is 2. The van der Waals surface area contributed by atoms with Gasteiger partial charge in [0.15, 0.2) is 0 Å². The van der Waals surface area contributed by atoms with Crippen LogP contribution >= 0.6 is 0 Å². The minimum Gasteiger partial charge on any atom is -0.395 e. The Morgan fingerprint density at radius 1 is 0.789 bits per heavy atom. The summed E-state index contributed by atoms with van der Waals surface area (Å²) in [6.07, 6.45) is 0. The number of hydrogen-bond acceptors (Lipinski definition) is 3. The molecule has 2 rings (SSSR count). The molecule has 0 aliphatic heterocycles. The summed E-state index contributed by atoms with van der Waals surface area (Å²) in [6.45, 7) is 0.738. The van der Waals surface area contributed by atoms with Crippen molar-refractivity contribution in [1.82, 2.24) is 0 Å². The van der Waals surface area contributed by atoms with Crippen LogP contribution in [-0.2, 0) is 22.5 Å². The maximum atomic E-state index is 8.98. The molecule has 0 amide bonds. The van der Waals surface area contributed by atoms with Gasteiger partial charge in [-0.2, -0.15) is 0 Å². The summed E-state index contributed by atoms with van der Waals surface area (Å²) in [5.74, 6) is 2.00. The van der Waals surface area contributed by atoms with Crippen LogP contribution in [-0.4, -0.2) is 7.12 Å². The van der Waals surface area contributed by atoms with Crippen LogP contribution in [0.15, 0.2) is 60.7 Å². The monoisotopic (exact) mass is 251 g/mol. The lowest BCUT2D eigenvalue weighted by molar-refractivity contribution is 0.193. The van der Waals surface area contributed by atoms with Crippen molar-refractivity contribution < 1.29 is 9.31 Å². The van der Waals surface area contributed by atoms with E-state index in [0.717, 1.165) is 11.1 Å². The molecule has 0 aliphatic rings. The largest absolute Gasteiger partial charge is 0.579 e. The Morgan fingerprint density at radius 3 is 1.58 bits per heavy atom. The summed E-state index contributed by atoms with van der Waals surface area (Å²) in [5.41, 5.74) is 2.04. The van der Waals surface area contributed by atoms with Gasteiger partial charge >= 0.3 is 7.12 Å². The van der Waals surface area contributed by atoms with Crippen molar-refractivity contribution >= 4 is 7.12 Å². The normalized spacial score (nSPS) is 9.84. The molecule has 0 N–H and O–H groups in total. The van der Waals surface area contributed by atoms with E-state index in [1.807, 2.05) is 66.6 Å². The molecule has 0 unspecified atom stereocenters. The zero-order chi connectivity index (χ0) is 13.3. The first-order valence-electron chi connectivity index (χ1n) is 6.09. The lowest BCUT2D eigenvalue weighted by Gasteiger charge is -2.08. The molecule has 0 saturated carbocycles. The summed E-state index contributed by atoms with van der Waals surface area (Å²) in [7, 11) is -0.847. The highest BCUT2D eigenvalue weighted by Crippen LogP contribution is 2.05. The minimum absolute atomic E-state index is 0.369. The second kappa shape index (κ2) is 7.37. The van der Waals surface area contributed by atoms with Gasteiger partial charge in [0.2, 0.25) is 0 Å². The molecule has 4 heteroatoms. The Morgan fingerprint density at radius 2 is 1.21 bits per heavy atom. The van der Waals surface area contributed by atoms with Gasteiger partial charge in [-0.3, -0.25) is 0 Å². The third-order valence-corrected chi connectivity index (χ3v) is 2.59. The second-order valence-corrected chi connectivity index (χ2v) is 4.05. The molecular formula is C15H14BNO2. The molecule has 0 heterocycles. The van der Waals surface area contributed by atoms with Crippen LogP contribution in [0.4, 0.5) is 0 Å². The number of hydrogen-bond donors (Lipinski definition) is 0. The van der Waals surface area contributed by atoms with Crippen LogP contribution in [0.25, 0.3) is 0 Å². The molecule has 0 aliphatic carbocycles. The maximum Gasteiger partial charge on any atom is 0.579 e. The molecule has 19 heavy (non-hydrogen) atoms. The number of nitrogens with zero attached hydrogens (tertiary/aromatic N) is 1. The van der Waals surface area contributed by atoms with Gasteiger partial charge in [0.25, 0.3) is 0 Å². The minimum atomic E-state index is -0.847. The van der Waals surface area contributed by atoms with Gasteiger partial charge in [0.1, 0.15) is 0 Å². The molecule has 0 bridgehead atoms. The van der Waals surface area contributed by atoms with E-state index in [9.17, 15) is 0 Å². The SMILES string of the molecule is N#CB(OCc1ccccc1)OCc1ccccc1. The van der Waals surface area contributed by atoms with Crippen molar-refractivity contribution in [3.05, 3.63) is 71.8 Å². The molecule has 0 spiro atoms. The Bertz CT molecular complexity index is 481. The first-order chi connectivity index (χ1) is 9.38. The van der Waals surface area contributed by atoms with Crippen LogP contribution in [0.5, 0.6) is 0 Å². The van der Waals surface area contributed by atoms with E-state index >= 15 is 0 Å². The zero-order valence-corrected chi connectivity index (χ0v) is 10.5. The van der Waals surface area contributed by atoms with Gasteiger partial charge in [-0.25, -0.2) is 5.26 Å². The topological polar surface area (TPSA) is 42.2 Å². The Labute approximate surface area is 113 Å². The fourth-order valence-electron chi connectivity index (χ4n) is 1.61. The standard InChI is InChI=1S/C15H14BNO2/c17-13-16(18-11-14-7-3-1-4-8-14)19-12-15-9-5-2-6-10-15/h1-10H,11-12H2. The van der Waals surface area contributed by atoms with Crippen molar-refractivity contribution in [2.75, 3.05) is 0 Å². The zero-order valence-electron chi connectivity index (χ0n) is 10.5. The van der Waals surface area contributed by atoms with E-state index < -0.39 is 7.12 Å². The average Bonchev–Trinajstić information content (AvgIpc) is 2.49. The molecule has 0 atom stereocenters. The maximum absolute atomic E-state index is 8.98. The van der Waals surface area contributed by atoms with Crippen molar-refractivity contribution in [3.8, 4) is 5.97 Å². The molecule has 0 fully saturated rings. The Hall–Kier alpha value is -2.09. The molecule has 94 valence electrons. The molecular weight excluding hydrogens is 237 g/mol. The molecule has 0 radical (unpaired) electrons. The lowest BCUT2D eigenvalue weighted by Crippen LogP contribution is -2.20. The summed E-state index contributed by atoms with van der Waals surface area (Å²) >= 11 is 0. The van der Waals surface area contributed by atoms with Crippen molar-refractivity contribution in [1.29, 1.82) is 5.26 Å². The molecule has 0 saturated heterocycles. The fourth-order valence-corrected chi connectivity index (χ4v) is 1.61. The molecule has 2 aromatic carbocycles. The third kappa shape index (κ3) is 4.59. The highest BCUT2D eigenvalue weighted by molar-refractivity contribution is 6.53. The molecule has 0 aromatic heterocycles. The molecule has 3 nitrogen and oxygen atoms in total. The van der Waals surface area contributed by atoms with Crippen LogP contribution in [0, 0.1) is 11.2 Å². The first kappa shape index (κ1) is 13.3. The van der Waals surface area contributed by atoms with E-state index in [4.69, 9.17) is 14.6 Å². The first-order valence-corrected chi connectivity index (χ1v) is 6.09. The Balaban J connectivity index is 1.80. The second-order valence-electron chi connectivity index (χ2n) is 4.05. The molecule has 2 aromatic rings. The predicted molar refractivity (Wildman–Crippen MR) is 73.8 cm³/mol. The van der Waals surface area contributed by atoms with Crippen LogP contribution in [0.3, 0.4) is 0 Å². The summed E-state index contributed by atoms with van der Waals surface area (Å²) in [5, 5.41) is 8.98. The van der Waals surface area contributed by atoms with Crippen molar-refractivity contribution in [3.63, 3.8) is 0 Å². The van der Waals surface area contributed by atoms with E-state index in [1.54, 1.807) is 0 Å². The quantitative estimate of drug-likeness (QED) is 0.741. The highest BCUT2D eigenvalue weighted by atomic mass is 16.6. The number of rotatable bonds is 6. The van der Waals surface area contributed by atoms with Gasteiger partial charge in [0.05, 0.1) is 19.2 Å². The van der Waals surface area contributed by atoms with Gasteiger partial charge < -0.3 is 9.31 Å². The predicted octanol–water partition coefficient (Wildman–Crippen LogP) is 2.97. The van der Waals surface area contributed by atoms with E-state index in [2.05, 4.69) is 0 Å². The van der Waals surface area contributed by atoms with Crippen LogP contribution in [0.1, 0.15) is 11.1 Å². The van der Waals surface area contributed by atoms with Gasteiger partial charge in [-0.05, 0) is 11.1 Å². The van der Waals surface area contributed by atoms with Crippen LogP contribution < -0.4 is 0 Å². The smallest absolute Gasteiger partial charge is 0.395 e. The van der Waals surface area contributed by atoms with Gasteiger partial charge in [-0.1, -0.05) is 60.7 Å². The van der Waals surface area contributed by atoms with E-state index in [1.165, 1.54) is 0 Å². The third-order valence-electron chi connectivity index (χ3n) is 2.59.